The first-order valence-electron chi connectivity index (χ1n) is 10.6. The van der Waals surface area contributed by atoms with Crippen molar-refractivity contribution >= 4 is 11.8 Å². The lowest BCUT2D eigenvalue weighted by Crippen LogP contribution is -2.55. The third-order valence-electron chi connectivity index (χ3n) is 6.30. The number of benzene rings is 1. The van der Waals surface area contributed by atoms with E-state index in [0.717, 1.165) is 63.8 Å². The van der Waals surface area contributed by atoms with Crippen molar-refractivity contribution in [2.45, 2.75) is 65.2 Å². The first kappa shape index (κ1) is 19.9. The fraction of sp³-hybridized carbons (Fsp3) is 0.652. The SMILES string of the molecule is CCCCN1CC2(CCCN(C(=O)c3ccc(C(C)C)cc3)C2)CCC1=O. The molecule has 0 saturated carbocycles. The van der Waals surface area contributed by atoms with Gasteiger partial charge in [-0.25, -0.2) is 0 Å². The fourth-order valence-electron chi connectivity index (χ4n) is 4.56. The van der Waals surface area contributed by atoms with Gasteiger partial charge >= 0.3 is 0 Å². The van der Waals surface area contributed by atoms with E-state index in [-0.39, 0.29) is 11.3 Å². The molecule has 0 bridgehead atoms. The van der Waals surface area contributed by atoms with Crippen molar-refractivity contribution in [1.82, 2.24) is 9.80 Å². The molecule has 4 nitrogen and oxygen atoms in total. The predicted octanol–water partition coefficient (Wildman–Crippen LogP) is 4.45. The summed E-state index contributed by atoms with van der Waals surface area (Å²) in [5, 5.41) is 0. The smallest absolute Gasteiger partial charge is 0.253 e. The van der Waals surface area contributed by atoms with Gasteiger partial charge < -0.3 is 9.80 Å². The van der Waals surface area contributed by atoms with E-state index in [0.29, 0.717) is 18.2 Å². The molecule has 0 N–H and O–H groups in total. The van der Waals surface area contributed by atoms with Crippen molar-refractivity contribution in [2.75, 3.05) is 26.2 Å². The Bertz CT molecular complexity index is 667. The Morgan fingerprint density at radius 2 is 1.89 bits per heavy atom. The predicted molar refractivity (Wildman–Crippen MR) is 109 cm³/mol. The van der Waals surface area contributed by atoms with E-state index in [1.807, 2.05) is 17.0 Å². The summed E-state index contributed by atoms with van der Waals surface area (Å²) < 4.78 is 0. The van der Waals surface area contributed by atoms with Crippen molar-refractivity contribution in [3.05, 3.63) is 35.4 Å². The Morgan fingerprint density at radius 1 is 1.15 bits per heavy atom. The lowest BCUT2D eigenvalue weighted by molar-refractivity contribution is -0.139. The van der Waals surface area contributed by atoms with Crippen LogP contribution < -0.4 is 0 Å². The number of amides is 2. The fourth-order valence-corrected chi connectivity index (χ4v) is 4.56. The average molecular weight is 371 g/mol. The molecule has 0 radical (unpaired) electrons. The highest BCUT2D eigenvalue weighted by Gasteiger charge is 2.42. The van der Waals surface area contributed by atoms with Gasteiger partial charge in [-0.1, -0.05) is 39.3 Å². The van der Waals surface area contributed by atoms with Crippen LogP contribution in [-0.4, -0.2) is 47.8 Å². The highest BCUT2D eigenvalue weighted by molar-refractivity contribution is 5.94. The topological polar surface area (TPSA) is 40.6 Å². The van der Waals surface area contributed by atoms with E-state index >= 15 is 0 Å². The lowest BCUT2D eigenvalue weighted by atomic mass is 9.73. The number of unbranched alkanes of at least 4 members (excludes halogenated alkanes) is 1. The molecule has 4 heteroatoms. The number of carbonyl (C=O) groups is 2. The molecule has 1 aromatic carbocycles. The molecule has 2 amide bonds. The van der Waals surface area contributed by atoms with E-state index in [1.165, 1.54) is 5.56 Å². The number of nitrogens with zero attached hydrogens (tertiary/aromatic N) is 2. The van der Waals surface area contributed by atoms with E-state index in [4.69, 9.17) is 0 Å². The molecular formula is C23H34N2O2. The molecule has 2 fully saturated rings. The molecule has 3 rings (SSSR count). The van der Waals surface area contributed by atoms with Crippen LogP contribution >= 0.6 is 0 Å². The molecule has 1 unspecified atom stereocenters. The second kappa shape index (κ2) is 8.45. The van der Waals surface area contributed by atoms with E-state index in [2.05, 4.69) is 37.8 Å². The van der Waals surface area contributed by atoms with Crippen LogP contribution in [0.15, 0.2) is 24.3 Å². The monoisotopic (exact) mass is 370 g/mol. The van der Waals surface area contributed by atoms with Crippen molar-refractivity contribution in [3.63, 3.8) is 0 Å². The highest BCUT2D eigenvalue weighted by atomic mass is 16.2. The van der Waals surface area contributed by atoms with E-state index in [1.54, 1.807) is 0 Å². The van der Waals surface area contributed by atoms with Gasteiger partial charge in [-0.2, -0.15) is 0 Å². The number of hydrogen-bond donors (Lipinski definition) is 0. The number of rotatable bonds is 5. The van der Waals surface area contributed by atoms with Gasteiger partial charge in [0.05, 0.1) is 0 Å². The number of hydrogen-bond acceptors (Lipinski definition) is 2. The molecule has 148 valence electrons. The van der Waals surface area contributed by atoms with Crippen LogP contribution in [0.4, 0.5) is 0 Å². The number of piperidine rings is 2. The van der Waals surface area contributed by atoms with Crippen molar-refractivity contribution in [2.24, 2.45) is 5.41 Å². The molecule has 1 spiro atoms. The molecular weight excluding hydrogens is 336 g/mol. The van der Waals surface area contributed by atoms with Crippen LogP contribution in [0.1, 0.15) is 81.1 Å². The first-order chi connectivity index (χ1) is 12.9. The molecule has 1 atom stereocenters. The molecule has 2 aliphatic rings. The largest absolute Gasteiger partial charge is 0.342 e. The van der Waals surface area contributed by atoms with Crippen LogP contribution in [-0.2, 0) is 4.79 Å². The van der Waals surface area contributed by atoms with Gasteiger partial charge in [-0.3, -0.25) is 9.59 Å². The van der Waals surface area contributed by atoms with Crippen LogP contribution in [0.2, 0.25) is 0 Å². The van der Waals surface area contributed by atoms with E-state index < -0.39 is 0 Å². The summed E-state index contributed by atoms with van der Waals surface area (Å²) in [6, 6.07) is 8.08. The Kier molecular flexibility index (Phi) is 6.23. The maximum absolute atomic E-state index is 13.1. The second-order valence-electron chi connectivity index (χ2n) is 8.78. The molecule has 2 saturated heterocycles. The number of carbonyl (C=O) groups excluding carboxylic acids is 2. The first-order valence-corrected chi connectivity index (χ1v) is 10.6. The van der Waals surface area contributed by atoms with Gasteiger partial charge in [-0.05, 0) is 49.3 Å². The molecule has 0 aromatic heterocycles. The lowest BCUT2D eigenvalue weighted by Gasteiger charge is -2.48. The van der Waals surface area contributed by atoms with Crippen molar-refractivity contribution in [3.8, 4) is 0 Å². The van der Waals surface area contributed by atoms with Crippen LogP contribution in [0, 0.1) is 5.41 Å². The van der Waals surface area contributed by atoms with Gasteiger partial charge in [0.15, 0.2) is 0 Å². The zero-order valence-corrected chi connectivity index (χ0v) is 17.2. The Balaban J connectivity index is 1.69. The summed E-state index contributed by atoms with van der Waals surface area (Å²) >= 11 is 0. The molecule has 0 aliphatic carbocycles. The zero-order chi connectivity index (χ0) is 19.4. The van der Waals surface area contributed by atoms with Gasteiger partial charge in [-0.15, -0.1) is 0 Å². The summed E-state index contributed by atoms with van der Waals surface area (Å²) in [5.74, 6) is 0.907. The summed E-state index contributed by atoms with van der Waals surface area (Å²) in [5.41, 5.74) is 2.14. The van der Waals surface area contributed by atoms with Crippen LogP contribution in [0.3, 0.4) is 0 Å². The highest BCUT2D eigenvalue weighted by Crippen LogP contribution is 2.39. The molecule has 2 aliphatic heterocycles. The summed E-state index contributed by atoms with van der Waals surface area (Å²) in [6.45, 7) is 9.79. The Labute approximate surface area is 163 Å². The minimum atomic E-state index is 0.0907. The standard InChI is InChI=1S/C23H34N2O2/c1-4-5-14-24-16-23(13-11-21(24)26)12-6-15-25(17-23)22(27)20-9-7-19(8-10-20)18(2)3/h7-10,18H,4-6,11-17H2,1-3H3. The van der Waals surface area contributed by atoms with Gasteiger partial charge in [0, 0.05) is 43.6 Å². The Morgan fingerprint density at radius 3 is 2.56 bits per heavy atom. The third-order valence-corrected chi connectivity index (χ3v) is 6.30. The molecule has 27 heavy (non-hydrogen) atoms. The minimum absolute atomic E-state index is 0.0907. The van der Waals surface area contributed by atoms with Gasteiger partial charge in [0.2, 0.25) is 5.91 Å². The van der Waals surface area contributed by atoms with Crippen LogP contribution in [0.5, 0.6) is 0 Å². The van der Waals surface area contributed by atoms with Crippen molar-refractivity contribution < 1.29 is 9.59 Å². The quantitative estimate of drug-likeness (QED) is 0.768. The minimum Gasteiger partial charge on any atom is -0.342 e. The van der Waals surface area contributed by atoms with Crippen LogP contribution in [0.25, 0.3) is 0 Å². The van der Waals surface area contributed by atoms with Gasteiger partial charge in [0.25, 0.3) is 5.91 Å². The second-order valence-corrected chi connectivity index (χ2v) is 8.78. The normalized spacial score (nSPS) is 23.3. The van der Waals surface area contributed by atoms with Gasteiger partial charge in [0.1, 0.15) is 0 Å². The van der Waals surface area contributed by atoms with E-state index in [9.17, 15) is 9.59 Å². The number of likely N-dealkylation sites (tertiary alicyclic amines) is 2. The maximum atomic E-state index is 13.1. The third kappa shape index (κ3) is 4.53. The Hall–Kier alpha value is -1.84. The summed E-state index contributed by atoms with van der Waals surface area (Å²) in [4.78, 5) is 29.4. The summed E-state index contributed by atoms with van der Waals surface area (Å²) in [7, 11) is 0. The van der Waals surface area contributed by atoms with Crippen molar-refractivity contribution in [1.29, 1.82) is 0 Å². The average Bonchev–Trinajstić information content (AvgIpc) is 2.68. The summed E-state index contributed by atoms with van der Waals surface area (Å²) in [6.07, 6.45) is 5.88. The molecule has 1 aromatic rings. The zero-order valence-electron chi connectivity index (χ0n) is 17.2. The maximum Gasteiger partial charge on any atom is 0.253 e. The molecule has 2 heterocycles.